The molecule has 0 aliphatic carbocycles. The van der Waals surface area contributed by atoms with Crippen molar-refractivity contribution in [3.05, 3.63) is 94.7 Å². The Balaban J connectivity index is 1.27. The molecule has 0 radical (unpaired) electrons. The first-order valence-electron chi connectivity index (χ1n) is 12.1. The number of carbonyl (C=O) groups is 1. The fourth-order valence-corrected chi connectivity index (χ4v) is 4.75. The zero-order chi connectivity index (χ0) is 24.6. The second kappa shape index (κ2) is 9.15. The topological polar surface area (TPSA) is 79.8 Å². The van der Waals surface area contributed by atoms with Crippen LogP contribution in [0.1, 0.15) is 48.5 Å². The lowest BCUT2D eigenvalue weighted by atomic mass is 9.90. The van der Waals surface area contributed by atoms with Gasteiger partial charge in [-0.3, -0.25) is 14.2 Å². The summed E-state index contributed by atoms with van der Waals surface area (Å²) in [6.07, 6.45) is 3.97. The normalized spacial score (nSPS) is 15.6. The minimum atomic E-state index is -1.06. The van der Waals surface area contributed by atoms with E-state index in [1.807, 2.05) is 24.3 Å². The number of hydrogen-bond acceptors (Lipinski definition) is 4. The fraction of sp³-hybridized carbons (Fsp3) is 0.321. The number of piperidine rings is 1. The monoisotopic (exact) mass is 470 g/mol. The van der Waals surface area contributed by atoms with Gasteiger partial charge in [-0.1, -0.05) is 50.2 Å². The molecule has 1 aliphatic heterocycles. The van der Waals surface area contributed by atoms with Gasteiger partial charge in [0, 0.05) is 24.8 Å². The number of hydrogen-bond donors (Lipinski definition) is 1. The Hall–Kier alpha value is -3.71. The first kappa shape index (κ1) is 23.1. The van der Waals surface area contributed by atoms with Crippen molar-refractivity contribution >= 4 is 11.4 Å². The van der Waals surface area contributed by atoms with E-state index in [0.29, 0.717) is 42.9 Å². The molecule has 7 nitrogen and oxygen atoms in total. The summed E-state index contributed by atoms with van der Waals surface area (Å²) in [5.74, 6) is 0.433. The van der Waals surface area contributed by atoms with Crippen LogP contribution in [0.15, 0.2) is 78.0 Å². The van der Waals surface area contributed by atoms with Crippen LogP contribution in [-0.2, 0) is 6.54 Å². The highest BCUT2D eigenvalue weighted by atomic mass is 16.3. The first-order valence-corrected chi connectivity index (χ1v) is 12.1. The maximum absolute atomic E-state index is 13.2. The molecule has 1 N–H and O–H groups in total. The van der Waals surface area contributed by atoms with Gasteiger partial charge in [0.25, 0.3) is 11.5 Å². The van der Waals surface area contributed by atoms with Crippen LogP contribution < -0.4 is 5.56 Å². The standard InChI is InChI=1S/C28H30N4O3/c1-20(2)21-8-10-22(11-9-21)23-5-3-6-24(17-23)26(33)30-15-12-28(35,13-16-30)18-31-19-29-32-14-4-7-25(32)27(31)34/h3-11,14,17,19-20,35H,12-13,15-16,18H2,1-2H3. The lowest BCUT2D eigenvalue weighted by molar-refractivity contribution is -0.0300. The van der Waals surface area contributed by atoms with Gasteiger partial charge in [-0.15, -0.1) is 0 Å². The van der Waals surface area contributed by atoms with E-state index in [1.54, 1.807) is 23.2 Å². The molecule has 5 rings (SSSR count). The van der Waals surface area contributed by atoms with Gasteiger partial charge in [-0.2, -0.15) is 5.10 Å². The van der Waals surface area contributed by atoms with Crippen LogP contribution in [0.2, 0.25) is 0 Å². The molecule has 4 aromatic rings. The number of rotatable bonds is 5. The van der Waals surface area contributed by atoms with Gasteiger partial charge in [0.2, 0.25) is 0 Å². The summed E-state index contributed by atoms with van der Waals surface area (Å²) in [6.45, 7) is 5.36. The van der Waals surface area contributed by atoms with Crippen molar-refractivity contribution < 1.29 is 9.90 Å². The summed E-state index contributed by atoms with van der Waals surface area (Å²) in [7, 11) is 0. The number of fused-ring (bicyclic) bond motifs is 1. The molecule has 3 heterocycles. The lowest BCUT2D eigenvalue weighted by Gasteiger charge is -2.38. The zero-order valence-electron chi connectivity index (χ0n) is 20.1. The molecular formula is C28H30N4O3. The number of carbonyl (C=O) groups excluding carboxylic acids is 1. The van der Waals surface area contributed by atoms with Gasteiger partial charge in [0.1, 0.15) is 11.8 Å². The van der Waals surface area contributed by atoms with Crippen molar-refractivity contribution in [2.45, 2.75) is 44.8 Å². The van der Waals surface area contributed by atoms with Crippen LogP contribution >= 0.6 is 0 Å². The molecular weight excluding hydrogens is 440 g/mol. The minimum absolute atomic E-state index is 0.0406. The Morgan fingerprint density at radius 2 is 1.77 bits per heavy atom. The van der Waals surface area contributed by atoms with E-state index < -0.39 is 5.60 Å². The van der Waals surface area contributed by atoms with Gasteiger partial charge in [0.05, 0.1) is 12.1 Å². The number of nitrogens with zero attached hydrogens (tertiary/aromatic N) is 4. The maximum atomic E-state index is 13.2. The molecule has 2 aromatic heterocycles. The summed E-state index contributed by atoms with van der Waals surface area (Å²) in [5, 5.41) is 15.4. The largest absolute Gasteiger partial charge is 0.388 e. The van der Waals surface area contributed by atoms with Gasteiger partial charge in [-0.05, 0) is 59.7 Å². The van der Waals surface area contributed by atoms with E-state index in [9.17, 15) is 14.7 Å². The van der Waals surface area contributed by atoms with Crippen LogP contribution in [0.5, 0.6) is 0 Å². The molecule has 0 atom stereocenters. The number of likely N-dealkylation sites (tertiary alicyclic amines) is 1. The molecule has 1 aliphatic rings. The van der Waals surface area contributed by atoms with Crippen molar-refractivity contribution in [1.82, 2.24) is 19.1 Å². The smallest absolute Gasteiger partial charge is 0.277 e. The minimum Gasteiger partial charge on any atom is -0.388 e. The molecule has 0 spiro atoms. The second-order valence-corrected chi connectivity index (χ2v) is 9.78. The third kappa shape index (κ3) is 4.64. The van der Waals surface area contributed by atoms with E-state index in [4.69, 9.17) is 0 Å². The maximum Gasteiger partial charge on any atom is 0.277 e. The third-order valence-corrected chi connectivity index (χ3v) is 6.99. The average molecular weight is 471 g/mol. The molecule has 1 saturated heterocycles. The van der Waals surface area contributed by atoms with Gasteiger partial charge in [-0.25, -0.2) is 4.52 Å². The predicted molar refractivity (Wildman–Crippen MR) is 136 cm³/mol. The fourth-order valence-electron chi connectivity index (χ4n) is 4.75. The highest BCUT2D eigenvalue weighted by Crippen LogP contribution is 2.27. The van der Waals surface area contributed by atoms with Crippen LogP contribution in [0.25, 0.3) is 16.6 Å². The van der Waals surface area contributed by atoms with Crippen LogP contribution in [0.3, 0.4) is 0 Å². The average Bonchev–Trinajstić information content (AvgIpc) is 3.36. The van der Waals surface area contributed by atoms with Crippen LogP contribution in [0.4, 0.5) is 0 Å². The van der Waals surface area contributed by atoms with Crippen molar-refractivity contribution in [2.75, 3.05) is 13.1 Å². The molecule has 0 saturated carbocycles. The van der Waals surface area contributed by atoms with Crippen molar-refractivity contribution in [2.24, 2.45) is 0 Å². The lowest BCUT2D eigenvalue weighted by Crippen LogP contribution is -2.49. The van der Waals surface area contributed by atoms with E-state index in [1.165, 1.54) is 21.0 Å². The summed E-state index contributed by atoms with van der Waals surface area (Å²) < 4.78 is 2.98. The Morgan fingerprint density at radius 3 is 2.49 bits per heavy atom. The third-order valence-electron chi connectivity index (χ3n) is 6.99. The van der Waals surface area contributed by atoms with E-state index in [0.717, 1.165) is 11.1 Å². The Labute approximate surface area is 204 Å². The van der Waals surface area contributed by atoms with Gasteiger partial charge in [0.15, 0.2) is 0 Å². The quantitative estimate of drug-likeness (QED) is 0.479. The Bertz CT molecular complexity index is 1410. The molecule has 0 unspecified atom stereocenters. The van der Waals surface area contributed by atoms with E-state index in [2.05, 4.69) is 43.2 Å². The zero-order valence-corrected chi connectivity index (χ0v) is 20.1. The molecule has 1 amide bonds. The van der Waals surface area contributed by atoms with Crippen LogP contribution in [0, 0.1) is 0 Å². The number of aromatic nitrogens is 3. The van der Waals surface area contributed by atoms with Crippen molar-refractivity contribution in [3.63, 3.8) is 0 Å². The second-order valence-electron chi connectivity index (χ2n) is 9.78. The summed E-state index contributed by atoms with van der Waals surface area (Å²) in [4.78, 5) is 27.7. The molecule has 180 valence electrons. The molecule has 7 heteroatoms. The molecule has 35 heavy (non-hydrogen) atoms. The highest BCUT2D eigenvalue weighted by molar-refractivity contribution is 5.95. The van der Waals surface area contributed by atoms with Crippen molar-refractivity contribution in [3.8, 4) is 11.1 Å². The Morgan fingerprint density at radius 1 is 1.03 bits per heavy atom. The SMILES string of the molecule is CC(C)c1ccc(-c2cccc(C(=O)N3CCC(O)(Cn4cnn5cccc5c4=O)CC3)c2)cc1. The van der Waals surface area contributed by atoms with E-state index >= 15 is 0 Å². The first-order chi connectivity index (χ1) is 16.8. The van der Waals surface area contributed by atoms with Gasteiger partial charge < -0.3 is 10.0 Å². The molecule has 1 fully saturated rings. The predicted octanol–water partition coefficient (Wildman–Crippen LogP) is 3.95. The van der Waals surface area contributed by atoms with Crippen molar-refractivity contribution in [1.29, 1.82) is 0 Å². The number of aliphatic hydroxyl groups is 1. The number of amides is 1. The summed E-state index contributed by atoms with van der Waals surface area (Å²) >= 11 is 0. The summed E-state index contributed by atoms with van der Waals surface area (Å²) in [5.41, 5.74) is 3.24. The molecule has 0 bridgehead atoms. The highest BCUT2D eigenvalue weighted by Gasteiger charge is 2.35. The van der Waals surface area contributed by atoms with Gasteiger partial charge >= 0.3 is 0 Å². The number of benzene rings is 2. The summed E-state index contributed by atoms with van der Waals surface area (Å²) in [6, 6.07) is 19.7. The van der Waals surface area contributed by atoms with Crippen LogP contribution in [-0.4, -0.2) is 48.8 Å². The van der Waals surface area contributed by atoms with E-state index in [-0.39, 0.29) is 18.0 Å². The molecule has 2 aromatic carbocycles. The Kier molecular flexibility index (Phi) is 6.03.